The molecule has 0 aliphatic carbocycles. The lowest BCUT2D eigenvalue weighted by Gasteiger charge is -2.20. The van der Waals surface area contributed by atoms with E-state index in [2.05, 4.69) is 10.2 Å². The molecule has 1 amide bonds. The Labute approximate surface area is 109 Å². The Morgan fingerprint density at radius 3 is 2.28 bits per heavy atom. The van der Waals surface area contributed by atoms with Crippen molar-refractivity contribution in [3.8, 4) is 0 Å². The van der Waals surface area contributed by atoms with E-state index in [0.29, 0.717) is 6.54 Å². The number of nitrogens with one attached hydrogen (secondary N) is 1. The molecule has 0 aromatic heterocycles. The summed E-state index contributed by atoms with van der Waals surface area (Å²) in [4.78, 5) is 13.9. The van der Waals surface area contributed by atoms with Crippen LogP contribution in [0.4, 0.5) is 11.4 Å². The Morgan fingerprint density at radius 1 is 1.28 bits per heavy atom. The molecule has 0 radical (unpaired) electrons. The van der Waals surface area contributed by atoms with E-state index in [4.69, 9.17) is 5.73 Å². The first kappa shape index (κ1) is 14.5. The Balaban J connectivity index is 2.69. The highest BCUT2D eigenvalue weighted by Crippen LogP contribution is 2.20. The molecular formula is C14H23N3O. The summed E-state index contributed by atoms with van der Waals surface area (Å²) >= 11 is 0. The summed E-state index contributed by atoms with van der Waals surface area (Å²) in [6, 6.07) is 7.78. The smallest absolute Gasteiger partial charge is 0.229 e. The van der Waals surface area contributed by atoms with Crippen LogP contribution in [-0.4, -0.2) is 26.0 Å². The molecule has 0 heterocycles. The monoisotopic (exact) mass is 249 g/mol. The normalized spacial score (nSPS) is 11.2. The minimum atomic E-state index is -0.380. The number of carbonyl (C=O) groups is 1. The summed E-state index contributed by atoms with van der Waals surface area (Å²) in [6.45, 7) is 7.12. The molecule has 1 aromatic carbocycles. The Morgan fingerprint density at radius 2 is 1.83 bits per heavy atom. The fourth-order valence-corrected chi connectivity index (χ4v) is 1.44. The van der Waals surface area contributed by atoms with Gasteiger partial charge in [-0.25, -0.2) is 0 Å². The number of hydrogen-bond donors (Lipinski definition) is 2. The van der Waals surface area contributed by atoms with Crippen molar-refractivity contribution >= 4 is 17.3 Å². The molecule has 4 nitrogen and oxygen atoms in total. The van der Waals surface area contributed by atoms with Crippen LogP contribution in [0.5, 0.6) is 0 Å². The lowest BCUT2D eigenvalue weighted by Crippen LogP contribution is -2.27. The zero-order chi connectivity index (χ0) is 13.8. The number of nitrogens with two attached hydrogens (primary N) is 1. The van der Waals surface area contributed by atoms with Gasteiger partial charge in [0.15, 0.2) is 0 Å². The SMILES string of the molecule is CN(CCN)c1ccc(NC(=O)C(C)(C)C)cc1. The van der Waals surface area contributed by atoms with Gasteiger partial charge >= 0.3 is 0 Å². The molecule has 0 bridgehead atoms. The second-order valence-electron chi connectivity index (χ2n) is 5.46. The number of hydrogen-bond acceptors (Lipinski definition) is 3. The van der Waals surface area contributed by atoms with E-state index in [1.807, 2.05) is 52.1 Å². The molecule has 0 saturated carbocycles. The maximum Gasteiger partial charge on any atom is 0.229 e. The molecule has 0 fully saturated rings. The van der Waals surface area contributed by atoms with Gasteiger partial charge in [-0.1, -0.05) is 20.8 Å². The molecule has 4 heteroatoms. The number of anilines is 2. The van der Waals surface area contributed by atoms with E-state index in [1.54, 1.807) is 0 Å². The van der Waals surface area contributed by atoms with Crippen molar-refractivity contribution in [3.63, 3.8) is 0 Å². The average molecular weight is 249 g/mol. The third-order valence-corrected chi connectivity index (χ3v) is 2.71. The van der Waals surface area contributed by atoms with Crippen molar-refractivity contribution in [1.29, 1.82) is 0 Å². The van der Waals surface area contributed by atoms with Crippen molar-refractivity contribution in [2.24, 2.45) is 11.1 Å². The van der Waals surface area contributed by atoms with Crippen molar-refractivity contribution in [2.45, 2.75) is 20.8 Å². The summed E-state index contributed by atoms with van der Waals surface area (Å²) < 4.78 is 0. The van der Waals surface area contributed by atoms with Gasteiger partial charge in [0.25, 0.3) is 0 Å². The van der Waals surface area contributed by atoms with Gasteiger partial charge in [-0.15, -0.1) is 0 Å². The summed E-state index contributed by atoms with van der Waals surface area (Å²) in [6.07, 6.45) is 0. The number of amides is 1. The van der Waals surface area contributed by atoms with Crippen molar-refractivity contribution < 1.29 is 4.79 Å². The highest BCUT2D eigenvalue weighted by Gasteiger charge is 2.20. The van der Waals surface area contributed by atoms with Gasteiger partial charge in [-0.3, -0.25) is 4.79 Å². The van der Waals surface area contributed by atoms with Crippen LogP contribution >= 0.6 is 0 Å². The molecule has 0 spiro atoms. The lowest BCUT2D eigenvalue weighted by molar-refractivity contribution is -0.123. The van der Waals surface area contributed by atoms with E-state index in [-0.39, 0.29) is 11.3 Å². The molecule has 3 N–H and O–H groups in total. The molecular weight excluding hydrogens is 226 g/mol. The van der Waals surface area contributed by atoms with Gasteiger partial charge in [0, 0.05) is 36.9 Å². The predicted molar refractivity (Wildman–Crippen MR) is 76.9 cm³/mol. The van der Waals surface area contributed by atoms with Crippen molar-refractivity contribution in [2.75, 3.05) is 30.4 Å². The van der Waals surface area contributed by atoms with Gasteiger partial charge in [0.2, 0.25) is 5.91 Å². The van der Waals surface area contributed by atoms with Gasteiger partial charge in [-0.2, -0.15) is 0 Å². The van der Waals surface area contributed by atoms with Gasteiger partial charge < -0.3 is 16.0 Å². The Bertz CT molecular complexity index is 392. The quantitative estimate of drug-likeness (QED) is 0.858. The van der Waals surface area contributed by atoms with E-state index < -0.39 is 0 Å². The van der Waals surface area contributed by atoms with E-state index in [1.165, 1.54) is 0 Å². The van der Waals surface area contributed by atoms with Crippen LogP contribution in [0, 0.1) is 5.41 Å². The second-order valence-corrected chi connectivity index (χ2v) is 5.46. The molecule has 1 aromatic rings. The largest absolute Gasteiger partial charge is 0.373 e. The first-order valence-electron chi connectivity index (χ1n) is 6.17. The molecule has 0 aliphatic rings. The second kappa shape index (κ2) is 5.87. The maximum absolute atomic E-state index is 11.8. The van der Waals surface area contributed by atoms with Crippen LogP contribution in [0.25, 0.3) is 0 Å². The van der Waals surface area contributed by atoms with Crippen molar-refractivity contribution in [1.82, 2.24) is 0 Å². The molecule has 0 aliphatic heterocycles. The Kier molecular flexibility index (Phi) is 4.73. The van der Waals surface area contributed by atoms with Crippen LogP contribution in [0.3, 0.4) is 0 Å². The summed E-state index contributed by atoms with van der Waals surface area (Å²) in [5.74, 6) is 0.0190. The molecule has 0 saturated heterocycles. The number of carbonyl (C=O) groups excluding carboxylic acids is 1. The fourth-order valence-electron chi connectivity index (χ4n) is 1.44. The topological polar surface area (TPSA) is 58.4 Å². The van der Waals surface area contributed by atoms with E-state index >= 15 is 0 Å². The lowest BCUT2D eigenvalue weighted by atomic mass is 9.95. The molecule has 0 atom stereocenters. The molecule has 18 heavy (non-hydrogen) atoms. The summed E-state index contributed by atoms with van der Waals surface area (Å²) in [5, 5.41) is 2.90. The first-order chi connectivity index (χ1) is 8.34. The minimum Gasteiger partial charge on any atom is -0.373 e. The van der Waals surface area contributed by atoms with Crippen LogP contribution in [0.2, 0.25) is 0 Å². The van der Waals surface area contributed by atoms with E-state index in [9.17, 15) is 4.79 Å². The first-order valence-corrected chi connectivity index (χ1v) is 6.17. The highest BCUT2D eigenvalue weighted by atomic mass is 16.2. The third kappa shape index (κ3) is 4.04. The van der Waals surface area contributed by atoms with Gasteiger partial charge in [0.1, 0.15) is 0 Å². The molecule has 1 rings (SSSR count). The maximum atomic E-state index is 11.8. The zero-order valence-corrected chi connectivity index (χ0v) is 11.7. The zero-order valence-electron chi connectivity index (χ0n) is 11.7. The number of nitrogens with zero attached hydrogens (tertiary/aromatic N) is 1. The number of likely N-dealkylation sites (N-methyl/N-ethyl adjacent to an activating group) is 1. The minimum absolute atomic E-state index is 0.0190. The average Bonchev–Trinajstić information content (AvgIpc) is 2.29. The summed E-state index contributed by atoms with van der Waals surface area (Å²) in [5.41, 5.74) is 7.04. The van der Waals surface area contributed by atoms with Crippen LogP contribution < -0.4 is 16.0 Å². The Hall–Kier alpha value is -1.55. The van der Waals surface area contributed by atoms with E-state index in [0.717, 1.165) is 17.9 Å². The number of rotatable bonds is 4. The fraction of sp³-hybridized carbons (Fsp3) is 0.500. The van der Waals surface area contributed by atoms with Crippen LogP contribution in [-0.2, 0) is 4.79 Å². The van der Waals surface area contributed by atoms with Crippen molar-refractivity contribution in [3.05, 3.63) is 24.3 Å². The highest BCUT2D eigenvalue weighted by molar-refractivity contribution is 5.94. The van der Waals surface area contributed by atoms with Gasteiger partial charge in [0.05, 0.1) is 0 Å². The number of benzene rings is 1. The predicted octanol–water partition coefficient (Wildman–Crippen LogP) is 2.07. The van der Waals surface area contributed by atoms with Crippen LogP contribution in [0.15, 0.2) is 24.3 Å². The standard InChI is InChI=1S/C14H23N3O/c1-14(2,3)13(18)16-11-5-7-12(8-6-11)17(4)10-9-15/h5-8H,9-10,15H2,1-4H3,(H,16,18). The summed E-state index contributed by atoms with van der Waals surface area (Å²) in [7, 11) is 2.00. The third-order valence-electron chi connectivity index (χ3n) is 2.71. The van der Waals surface area contributed by atoms with Crippen LogP contribution in [0.1, 0.15) is 20.8 Å². The molecule has 0 unspecified atom stereocenters. The molecule has 100 valence electrons. The van der Waals surface area contributed by atoms with Gasteiger partial charge in [-0.05, 0) is 24.3 Å².